The van der Waals surface area contributed by atoms with Gasteiger partial charge in [0.1, 0.15) is 12.6 Å². The Morgan fingerprint density at radius 3 is 2.45 bits per heavy atom. The second kappa shape index (κ2) is 9.74. The summed E-state index contributed by atoms with van der Waals surface area (Å²) in [6.45, 7) is 5.81. The summed E-state index contributed by atoms with van der Waals surface area (Å²) in [4.78, 5) is 39.3. The predicted octanol–water partition coefficient (Wildman–Crippen LogP) is -0.956. The van der Waals surface area contributed by atoms with Gasteiger partial charge >= 0.3 is 5.97 Å². The first kappa shape index (κ1) is 20.8. The summed E-state index contributed by atoms with van der Waals surface area (Å²) >= 11 is 0.812. The maximum atomic E-state index is 12.1. The average molecular weight is 338 g/mol. The van der Waals surface area contributed by atoms with Crippen molar-refractivity contribution in [3.8, 4) is 0 Å². The Hall–Kier alpha value is -1.20. The van der Waals surface area contributed by atoms with E-state index in [9.17, 15) is 19.6 Å². The molecular weight excluding hydrogens is 316 g/mol. The Balaban J connectivity index is 4.59. The molecule has 0 saturated carbocycles. The minimum atomic E-state index is -1.46. The zero-order valence-corrected chi connectivity index (χ0v) is 13.8. The van der Waals surface area contributed by atoms with E-state index in [-0.39, 0.29) is 24.1 Å². The van der Waals surface area contributed by atoms with Crippen molar-refractivity contribution < 1.29 is 34.6 Å². The number of thioether (sulfide) groups is 1. The third kappa shape index (κ3) is 8.29. The van der Waals surface area contributed by atoms with E-state index in [1.54, 1.807) is 6.92 Å². The predicted molar refractivity (Wildman–Crippen MR) is 77.6 cm³/mol. The van der Waals surface area contributed by atoms with Crippen LogP contribution in [0, 0.1) is 10.6 Å². The molecule has 0 aromatic heterocycles. The van der Waals surface area contributed by atoms with E-state index in [1.165, 1.54) is 20.8 Å². The standard InChI is InChI=1S/C12H22N2O7S/c1-5-20-10(16)9(13-8(2)15)6-22-11(17)12(3,4)7-21-14(18)19/h9,14,18H,5-7H2,1-4H3,(H,13,15). The zero-order chi connectivity index (χ0) is 17.3. The van der Waals surface area contributed by atoms with E-state index < -0.39 is 28.7 Å². The van der Waals surface area contributed by atoms with Gasteiger partial charge in [0.25, 0.3) is 0 Å². The molecule has 1 amide bonds. The number of amides is 1. The third-order valence-corrected chi connectivity index (χ3v) is 3.75. The summed E-state index contributed by atoms with van der Waals surface area (Å²) in [6.07, 6.45) is 0. The number of quaternary nitrogens is 1. The van der Waals surface area contributed by atoms with Gasteiger partial charge in [-0.15, -0.1) is 0 Å². The fourth-order valence-corrected chi connectivity index (χ4v) is 2.30. The molecule has 22 heavy (non-hydrogen) atoms. The Bertz CT molecular complexity index is 401. The number of hydrogen-bond acceptors (Lipinski definition) is 8. The van der Waals surface area contributed by atoms with E-state index in [1.807, 2.05) is 0 Å². The highest BCUT2D eigenvalue weighted by atomic mass is 32.2. The molecule has 0 aromatic rings. The second-order valence-electron chi connectivity index (χ2n) is 5.04. The molecular formula is C12H22N2O7S. The van der Waals surface area contributed by atoms with Crippen LogP contribution in [0.15, 0.2) is 0 Å². The van der Waals surface area contributed by atoms with Crippen molar-refractivity contribution in [3.05, 3.63) is 5.21 Å². The van der Waals surface area contributed by atoms with Crippen molar-refractivity contribution >= 4 is 28.8 Å². The molecule has 0 aliphatic rings. The number of nitrogens with one attached hydrogen (secondary N) is 2. The van der Waals surface area contributed by atoms with Crippen LogP contribution >= 0.6 is 11.8 Å². The average Bonchev–Trinajstić information content (AvgIpc) is 2.40. The van der Waals surface area contributed by atoms with Crippen LogP contribution in [0.5, 0.6) is 0 Å². The summed E-state index contributed by atoms with van der Waals surface area (Å²) in [5.41, 5.74) is -1.04. The lowest BCUT2D eigenvalue weighted by Gasteiger charge is -2.23. The maximum Gasteiger partial charge on any atom is 0.329 e. The van der Waals surface area contributed by atoms with Crippen molar-refractivity contribution in [2.24, 2.45) is 5.41 Å². The number of rotatable bonds is 9. The van der Waals surface area contributed by atoms with Crippen molar-refractivity contribution in [2.75, 3.05) is 19.0 Å². The van der Waals surface area contributed by atoms with Gasteiger partial charge in [-0.1, -0.05) is 17.2 Å². The first-order chi connectivity index (χ1) is 10.1. The highest BCUT2D eigenvalue weighted by Gasteiger charge is 2.32. The largest absolute Gasteiger partial charge is 0.566 e. The van der Waals surface area contributed by atoms with Gasteiger partial charge in [-0.05, 0) is 20.8 Å². The number of carbonyl (C=O) groups is 3. The van der Waals surface area contributed by atoms with Gasteiger partial charge < -0.3 is 15.3 Å². The van der Waals surface area contributed by atoms with E-state index in [0.717, 1.165) is 11.8 Å². The molecule has 0 heterocycles. The number of carbonyl (C=O) groups excluding carboxylic acids is 3. The molecule has 0 bridgehead atoms. The SMILES string of the molecule is CCOC(=O)C(CSC(=O)C(C)(C)CO[NH+]([O-])O)NC(C)=O. The molecule has 0 aliphatic heterocycles. The zero-order valence-electron chi connectivity index (χ0n) is 13.0. The molecule has 128 valence electrons. The van der Waals surface area contributed by atoms with Crippen LogP contribution in [0.3, 0.4) is 0 Å². The topological polar surface area (TPSA) is 129 Å². The molecule has 0 aromatic carbocycles. The van der Waals surface area contributed by atoms with Gasteiger partial charge in [0.15, 0.2) is 5.12 Å². The van der Waals surface area contributed by atoms with Crippen LogP contribution < -0.4 is 10.7 Å². The Kier molecular flexibility index (Phi) is 9.21. The first-order valence-corrected chi connectivity index (χ1v) is 7.55. The Morgan fingerprint density at radius 1 is 1.41 bits per heavy atom. The summed E-state index contributed by atoms with van der Waals surface area (Å²) in [5, 5.41) is 19.4. The monoisotopic (exact) mass is 338 g/mol. The van der Waals surface area contributed by atoms with Gasteiger partial charge in [0, 0.05) is 12.7 Å². The molecule has 0 radical (unpaired) electrons. The lowest BCUT2D eigenvalue weighted by Crippen LogP contribution is -3.03. The molecule has 0 saturated heterocycles. The smallest absolute Gasteiger partial charge is 0.329 e. The molecule has 2 unspecified atom stereocenters. The maximum absolute atomic E-state index is 12.1. The highest BCUT2D eigenvalue weighted by molar-refractivity contribution is 8.13. The molecule has 0 fully saturated rings. The summed E-state index contributed by atoms with van der Waals surface area (Å²) in [6, 6.07) is -0.942. The Labute approximate surface area is 132 Å². The fraction of sp³-hybridized carbons (Fsp3) is 0.750. The normalized spacial score (nSPS) is 14.1. The van der Waals surface area contributed by atoms with E-state index in [2.05, 4.69) is 10.2 Å². The van der Waals surface area contributed by atoms with Gasteiger partial charge in [0.05, 0.1) is 12.0 Å². The van der Waals surface area contributed by atoms with E-state index >= 15 is 0 Å². The van der Waals surface area contributed by atoms with E-state index in [0.29, 0.717) is 0 Å². The fourth-order valence-electron chi connectivity index (χ4n) is 1.31. The van der Waals surface area contributed by atoms with Crippen molar-refractivity contribution in [1.29, 1.82) is 0 Å². The van der Waals surface area contributed by atoms with Crippen LogP contribution in [0.4, 0.5) is 0 Å². The van der Waals surface area contributed by atoms with Crippen LogP contribution in [0.25, 0.3) is 0 Å². The molecule has 2 atom stereocenters. The summed E-state index contributed by atoms with van der Waals surface area (Å²) in [7, 11) is 0. The van der Waals surface area contributed by atoms with E-state index in [4.69, 9.17) is 9.94 Å². The first-order valence-electron chi connectivity index (χ1n) is 6.56. The highest BCUT2D eigenvalue weighted by Crippen LogP contribution is 2.24. The molecule has 9 nitrogen and oxygen atoms in total. The van der Waals surface area contributed by atoms with Crippen LogP contribution in [0.1, 0.15) is 27.7 Å². The second-order valence-corrected chi connectivity index (χ2v) is 6.03. The third-order valence-electron chi connectivity index (χ3n) is 2.44. The van der Waals surface area contributed by atoms with Crippen LogP contribution in [-0.4, -0.2) is 47.2 Å². The number of ether oxygens (including phenoxy) is 1. The lowest BCUT2D eigenvalue weighted by molar-refractivity contribution is -1.21. The molecule has 0 aliphatic carbocycles. The van der Waals surface area contributed by atoms with Crippen molar-refractivity contribution in [2.45, 2.75) is 33.7 Å². The van der Waals surface area contributed by atoms with Crippen molar-refractivity contribution in [1.82, 2.24) is 5.32 Å². The molecule has 3 N–H and O–H groups in total. The minimum absolute atomic E-state index is 0.00620. The van der Waals surface area contributed by atoms with Crippen LogP contribution in [-0.2, 0) is 24.0 Å². The number of esters is 1. The molecule has 0 rings (SSSR count). The molecule has 10 heteroatoms. The number of hydrogen-bond donors (Lipinski definition) is 3. The molecule has 0 spiro atoms. The Morgan fingerprint density at radius 2 is 2.00 bits per heavy atom. The van der Waals surface area contributed by atoms with Gasteiger partial charge in [-0.2, -0.15) is 10.0 Å². The summed E-state index contributed by atoms with van der Waals surface area (Å²) in [5.74, 6) is -1.05. The van der Waals surface area contributed by atoms with Crippen LogP contribution in [0.2, 0.25) is 0 Å². The quantitative estimate of drug-likeness (QED) is 0.362. The lowest BCUT2D eigenvalue weighted by atomic mass is 9.97. The van der Waals surface area contributed by atoms with Gasteiger partial charge in [-0.25, -0.2) is 4.79 Å². The summed E-state index contributed by atoms with van der Waals surface area (Å²) < 4.78 is 4.82. The van der Waals surface area contributed by atoms with Gasteiger partial charge in [-0.3, -0.25) is 9.59 Å². The van der Waals surface area contributed by atoms with Crippen molar-refractivity contribution in [3.63, 3.8) is 0 Å². The minimum Gasteiger partial charge on any atom is -0.566 e. The van der Waals surface area contributed by atoms with Gasteiger partial charge in [0.2, 0.25) is 5.91 Å².